The minimum Gasteiger partial charge on any atom is -0.493 e. The minimum absolute atomic E-state index is 0.127. The van der Waals surface area contributed by atoms with Gasteiger partial charge in [0.15, 0.2) is 0 Å². The summed E-state index contributed by atoms with van der Waals surface area (Å²) in [6.45, 7) is 2.78. The third-order valence-corrected chi connectivity index (χ3v) is 4.18. The van der Waals surface area contributed by atoms with Crippen LogP contribution in [0.1, 0.15) is 36.1 Å². The Morgan fingerprint density at radius 1 is 1.29 bits per heavy atom. The Morgan fingerprint density at radius 2 is 2.14 bits per heavy atom. The predicted molar refractivity (Wildman–Crippen MR) is 82.6 cm³/mol. The van der Waals surface area contributed by atoms with Crippen molar-refractivity contribution in [2.75, 3.05) is 6.61 Å². The van der Waals surface area contributed by atoms with E-state index in [9.17, 15) is 5.11 Å². The molecule has 1 N–H and O–H groups in total. The number of aliphatic hydroxyl groups is 1. The second-order valence-electron chi connectivity index (χ2n) is 5.56. The molecule has 0 radical (unpaired) electrons. The number of aromatic nitrogens is 1. The Balaban J connectivity index is 1.75. The molecule has 3 nitrogen and oxygen atoms in total. The Hall–Kier alpha value is -1.87. The maximum Gasteiger partial charge on any atom is 0.122 e. The highest BCUT2D eigenvalue weighted by Gasteiger charge is 2.27. The molecular weight excluding hydrogens is 262 g/mol. The molecule has 0 saturated heterocycles. The molecule has 3 heteroatoms. The zero-order valence-corrected chi connectivity index (χ0v) is 12.3. The van der Waals surface area contributed by atoms with Gasteiger partial charge in [-0.05, 0) is 36.1 Å². The molecular formula is C18H21NO2. The molecule has 1 aromatic heterocycles. The van der Waals surface area contributed by atoms with Crippen molar-refractivity contribution < 1.29 is 9.84 Å². The zero-order valence-electron chi connectivity index (χ0n) is 12.3. The monoisotopic (exact) mass is 283 g/mol. The van der Waals surface area contributed by atoms with Crippen LogP contribution in [0.5, 0.6) is 5.75 Å². The standard InChI is InChI=1S/C18H21NO2/c1-2-13-7-8-14(19-12-13)11-17(20)15-9-10-21-18-6-4-3-5-16(15)18/h3-8,12,15,17,20H,2,9-11H2,1H3. The van der Waals surface area contributed by atoms with E-state index in [0.29, 0.717) is 13.0 Å². The molecule has 0 bridgehead atoms. The van der Waals surface area contributed by atoms with Gasteiger partial charge in [0.1, 0.15) is 5.75 Å². The Labute approximate surface area is 125 Å². The van der Waals surface area contributed by atoms with Crippen LogP contribution in [0, 0.1) is 0 Å². The van der Waals surface area contributed by atoms with E-state index >= 15 is 0 Å². The molecule has 110 valence electrons. The molecule has 2 unspecified atom stereocenters. The van der Waals surface area contributed by atoms with E-state index in [4.69, 9.17) is 4.74 Å². The average Bonchev–Trinajstić information content (AvgIpc) is 2.55. The highest BCUT2D eigenvalue weighted by molar-refractivity contribution is 5.38. The lowest BCUT2D eigenvalue weighted by Gasteiger charge is -2.29. The van der Waals surface area contributed by atoms with Crippen LogP contribution in [0.25, 0.3) is 0 Å². The number of hydrogen-bond acceptors (Lipinski definition) is 3. The lowest BCUT2D eigenvalue weighted by atomic mass is 9.86. The largest absolute Gasteiger partial charge is 0.493 e. The van der Waals surface area contributed by atoms with Crippen LogP contribution in [0.4, 0.5) is 0 Å². The molecule has 1 aromatic carbocycles. The van der Waals surface area contributed by atoms with Gasteiger partial charge in [-0.3, -0.25) is 4.98 Å². The van der Waals surface area contributed by atoms with Gasteiger partial charge in [-0.2, -0.15) is 0 Å². The topological polar surface area (TPSA) is 42.4 Å². The average molecular weight is 283 g/mol. The summed E-state index contributed by atoms with van der Waals surface area (Å²) >= 11 is 0. The highest BCUT2D eigenvalue weighted by atomic mass is 16.5. The molecule has 21 heavy (non-hydrogen) atoms. The number of aliphatic hydroxyl groups excluding tert-OH is 1. The van der Waals surface area contributed by atoms with Gasteiger partial charge >= 0.3 is 0 Å². The predicted octanol–water partition coefficient (Wildman–Crippen LogP) is 3.11. The van der Waals surface area contributed by atoms with Gasteiger partial charge in [-0.15, -0.1) is 0 Å². The Morgan fingerprint density at radius 3 is 2.90 bits per heavy atom. The summed E-state index contributed by atoms with van der Waals surface area (Å²) in [6.07, 6.45) is 3.91. The summed E-state index contributed by atoms with van der Waals surface area (Å²) in [6, 6.07) is 12.1. The third-order valence-electron chi connectivity index (χ3n) is 4.18. The van der Waals surface area contributed by atoms with E-state index in [0.717, 1.165) is 29.8 Å². The maximum absolute atomic E-state index is 10.6. The van der Waals surface area contributed by atoms with Crippen molar-refractivity contribution in [1.82, 2.24) is 4.98 Å². The van der Waals surface area contributed by atoms with E-state index in [1.807, 2.05) is 30.5 Å². The van der Waals surface area contributed by atoms with Gasteiger partial charge in [0, 0.05) is 24.2 Å². The molecule has 0 aliphatic carbocycles. The fourth-order valence-electron chi connectivity index (χ4n) is 2.91. The summed E-state index contributed by atoms with van der Waals surface area (Å²) in [5, 5.41) is 10.6. The zero-order chi connectivity index (χ0) is 14.7. The summed E-state index contributed by atoms with van der Waals surface area (Å²) in [5.41, 5.74) is 3.29. The Kier molecular flexibility index (Phi) is 4.20. The van der Waals surface area contributed by atoms with Crippen molar-refractivity contribution in [3.05, 3.63) is 59.4 Å². The molecule has 1 aliphatic heterocycles. The van der Waals surface area contributed by atoms with Gasteiger partial charge in [0.2, 0.25) is 0 Å². The normalized spacial score (nSPS) is 18.7. The van der Waals surface area contributed by atoms with E-state index in [2.05, 4.69) is 24.0 Å². The molecule has 0 fully saturated rings. The SMILES string of the molecule is CCc1ccc(CC(O)C2CCOc3ccccc32)nc1. The molecule has 2 heterocycles. The van der Waals surface area contributed by atoms with Crippen LogP contribution in [0.2, 0.25) is 0 Å². The van der Waals surface area contributed by atoms with Gasteiger partial charge in [-0.25, -0.2) is 0 Å². The molecule has 2 aromatic rings. The minimum atomic E-state index is -0.421. The number of ether oxygens (including phenoxy) is 1. The second-order valence-corrected chi connectivity index (χ2v) is 5.56. The fraction of sp³-hybridized carbons (Fsp3) is 0.389. The van der Waals surface area contributed by atoms with E-state index in [-0.39, 0.29) is 5.92 Å². The summed E-state index contributed by atoms with van der Waals surface area (Å²) in [7, 11) is 0. The first kappa shape index (κ1) is 14.1. The summed E-state index contributed by atoms with van der Waals surface area (Å²) in [4.78, 5) is 4.45. The fourth-order valence-corrected chi connectivity index (χ4v) is 2.91. The van der Waals surface area contributed by atoms with Crippen molar-refractivity contribution in [1.29, 1.82) is 0 Å². The molecule has 0 amide bonds. The van der Waals surface area contributed by atoms with E-state index in [1.54, 1.807) is 0 Å². The number of hydrogen-bond donors (Lipinski definition) is 1. The molecule has 2 atom stereocenters. The molecule has 0 spiro atoms. The first-order valence-corrected chi connectivity index (χ1v) is 7.61. The molecule has 0 saturated carbocycles. The Bertz CT molecular complexity index is 594. The first-order chi connectivity index (χ1) is 10.3. The molecule has 3 rings (SSSR count). The van der Waals surface area contributed by atoms with E-state index < -0.39 is 6.10 Å². The number of pyridine rings is 1. The van der Waals surface area contributed by atoms with Crippen molar-refractivity contribution >= 4 is 0 Å². The molecule has 1 aliphatic rings. The van der Waals surface area contributed by atoms with Gasteiger partial charge in [0.25, 0.3) is 0 Å². The third kappa shape index (κ3) is 3.08. The first-order valence-electron chi connectivity index (χ1n) is 7.61. The number of aryl methyl sites for hydroxylation is 1. The van der Waals surface area contributed by atoms with Crippen molar-refractivity contribution in [2.45, 2.75) is 38.2 Å². The summed E-state index contributed by atoms with van der Waals surface area (Å²) in [5.74, 6) is 1.03. The van der Waals surface area contributed by atoms with Crippen molar-refractivity contribution in [2.24, 2.45) is 0 Å². The highest BCUT2D eigenvalue weighted by Crippen LogP contribution is 2.36. The maximum atomic E-state index is 10.6. The van der Waals surface area contributed by atoms with Crippen LogP contribution in [-0.2, 0) is 12.8 Å². The smallest absolute Gasteiger partial charge is 0.122 e. The number of nitrogens with zero attached hydrogens (tertiary/aromatic N) is 1. The van der Waals surface area contributed by atoms with Gasteiger partial charge < -0.3 is 9.84 Å². The number of fused-ring (bicyclic) bond motifs is 1. The number of rotatable bonds is 4. The number of benzene rings is 1. The quantitative estimate of drug-likeness (QED) is 0.937. The van der Waals surface area contributed by atoms with Crippen LogP contribution in [0.15, 0.2) is 42.6 Å². The number of para-hydroxylation sites is 1. The van der Waals surface area contributed by atoms with Crippen LogP contribution in [-0.4, -0.2) is 22.8 Å². The summed E-state index contributed by atoms with van der Waals surface area (Å²) < 4.78 is 5.66. The van der Waals surface area contributed by atoms with Gasteiger partial charge in [-0.1, -0.05) is 31.2 Å². The van der Waals surface area contributed by atoms with Gasteiger partial charge in [0.05, 0.1) is 12.7 Å². The van der Waals surface area contributed by atoms with Crippen LogP contribution < -0.4 is 4.74 Å². The van der Waals surface area contributed by atoms with Crippen LogP contribution in [0.3, 0.4) is 0 Å². The van der Waals surface area contributed by atoms with Crippen molar-refractivity contribution in [3.8, 4) is 5.75 Å². The second kappa shape index (κ2) is 6.27. The van der Waals surface area contributed by atoms with Crippen molar-refractivity contribution in [3.63, 3.8) is 0 Å². The van der Waals surface area contributed by atoms with E-state index in [1.165, 1.54) is 5.56 Å². The lowest BCUT2D eigenvalue weighted by Crippen LogP contribution is -2.27. The van der Waals surface area contributed by atoms with Crippen LogP contribution >= 0.6 is 0 Å². The lowest BCUT2D eigenvalue weighted by molar-refractivity contribution is 0.116.